The molecule has 0 spiro atoms. The van der Waals surface area contributed by atoms with E-state index in [1.54, 1.807) is 60.7 Å². The maximum Gasteiger partial charge on any atom is 0.301 e. The van der Waals surface area contributed by atoms with E-state index in [1.807, 2.05) is 6.92 Å². The van der Waals surface area contributed by atoms with E-state index in [2.05, 4.69) is 4.98 Å². The Morgan fingerprint density at radius 3 is 2.62 bits per heavy atom. The molecule has 1 atom stereocenters. The summed E-state index contributed by atoms with van der Waals surface area (Å²) in [4.78, 5) is 33.0. The lowest BCUT2D eigenvalue weighted by Gasteiger charge is -2.23. The zero-order valence-electron chi connectivity index (χ0n) is 20.8. The number of hydrogen-bond donors (Lipinski definition) is 1. The van der Waals surface area contributed by atoms with Crippen molar-refractivity contribution in [3.05, 3.63) is 82.4 Å². The number of ketones is 1. The minimum absolute atomic E-state index is 0.0452. The zero-order valence-corrected chi connectivity index (χ0v) is 22.4. The van der Waals surface area contributed by atoms with Crippen LogP contribution in [0.5, 0.6) is 17.2 Å². The van der Waals surface area contributed by atoms with E-state index in [0.29, 0.717) is 63.9 Å². The van der Waals surface area contributed by atoms with Gasteiger partial charge in [-0.1, -0.05) is 42.0 Å². The topological polar surface area (TPSA) is 98.2 Å². The van der Waals surface area contributed by atoms with Crippen LogP contribution in [0.4, 0.5) is 5.13 Å². The highest BCUT2D eigenvalue weighted by Crippen LogP contribution is 2.45. The highest BCUT2D eigenvalue weighted by atomic mass is 35.5. The molecular weight excluding hydrogens is 540 g/mol. The number of hydrogen-bond acceptors (Lipinski definition) is 8. The molecule has 2 aliphatic heterocycles. The Morgan fingerprint density at radius 2 is 1.85 bits per heavy atom. The quantitative estimate of drug-likeness (QED) is 0.171. The molecule has 2 aliphatic rings. The SMILES string of the molecule is CCCOc1ccc(C2/C(=C(\O)c3ccc4c(c3)OCCO4)C(=O)C(=O)N2c2nc3ccc(Cl)cc3s2)cc1. The van der Waals surface area contributed by atoms with Crippen molar-refractivity contribution in [1.29, 1.82) is 0 Å². The number of rotatable bonds is 6. The Morgan fingerprint density at radius 1 is 1.08 bits per heavy atom. The van der Waals surface area contributed by atoms with Crippen LogP contribution in [0.1, 0.15) is 30.5 Å². The number of anilines is 1. The molecule has 10 heteroatoms. The molecule has 3 heterocycles. The van der Waals surface area contributed by atoms with Crippen molar-refractivity contribution in [3.8, 4) is 17.2 Å². The van der Waals surface area contributed by atoms with Gasteiger partial charge in [-0.3, -0.25) is 14.5 Å². The van der Waals surface area contributed by atoms with Gasteiger partial charge in [-0.15, -0.1) is 0 Å². The molecule has 0 bridgehead atoms. The number of nitrogens with zero attached hydrogens (tertiary/aromatic N) is 2. The average molecular weight is 563 g/mol. The van der Waals surface area contributed by atoms with Crippen LogP contribution in [0.15, 0.2) is 66.2 Å². The lowest BCUT2D eigenvalue weighted by molar-refractivity contribution is -0.132. The number of halogens is 1. The third kappa shape index (κ3) is 4.57. The number of carbonyl (C=O) groups is 2. The largest absolute Gasteiger partial charge is 0.507 e. The van der Waals surface area contributed by atoms with E-state index in [0.717, 1.165) is 11.1 Å². The summed E-state index contributed by atoms with van der Waals surface area (Å²) >= 11 is 7.42. The minimum atomic E-state index is -0.922. The van der Waals surface area contributed by atoms with Gasteiger partial charge in [0.1, 0.15) is 24.7 Å². The van der Waals surface area contributed by atoms with E-state index in [9.17, 15) is 14.7 Å². The molecule has 1 aromatic heterocycles. The van der Waals surface area contributed by atoms with Gasteiger partial charge >= 0.3 is 5.91 Å². The monoisotopic (exact) mass is 562 g/mol. The maximum absolute atomic E-state index is 13.5. The second kappa shape index (κ2) is 10.2. The molecule has 1 amide bonds. The van der Waals surface area contributed by atoms with Crippen LogP contribution in [-0.2, 0) is 9.59 Å². The lowest BCUT2D eigenvalue weighted by atomic mass is 9.95. The second-order valence-electron chi connectivity index (χ2n) is 9.05. The number of aliphatic hydroxyl groups excluding tert-OH is 1. The summed E-state index contributed by atoms with van der Waals surface area (Å²) < 4.78 is 17.7. The van der Waals surface area contributed by atoms with Gasteiger partial charge < -0.3 is 19.3 Å². The Labute approximate surface area is 233 Å². The molecule has 0 aliphatic carbocycles. The summed E-state index contributed by atoms with van der Waals surface area (Å²) in [5.74, 6) is -0.235. The van der Waals surface area contributed by atoms with Crippen LogP contribution in [0, 0.1) is 0 Å². The molecule has 4 aromatic rings. The lowest BCUT2D eigenvalue weighted by Crippen LogP contribution is -2.29. The first-order valence-corrected chi connectivity index (χ1v) is 13.6. The third-order valence-corrected chi connectivity index (χ3v) is 7.73. The van der Waals surface area contributed by atoms with E-state index in [4.69, 9.17) is 25.8 Å². The van der Waals surface area contributed by atoms with Crippen LogP contribution in [0.25, 0.3) is 16.0 Å². The van der Waals surface area contributed by atoms with Gasteiger partial charge in [-0.05, 0) is 60.5 Å². The average Bonchev–Trinajstić information content (AvgIpc) is 3.48. The molecule has 0 radical (unpaired) electrons. The number of benzene rings is 3. The fraction of sp³-hybridized carbons (Fsp3) is 0.207. The fourth-order valence-electron chi connectivity index (χ4n) is 4.65. The molecule has 198 valence electrons. The smallest absolute Gasteiger partial charge is 0.301 e. The predicted molar refractivity (Wildman–Crippen MR) is 149 cm³/mol. The van der Waals surface area contributed by atoms with Crippen molar-refractivity contribution in [2.24, 2.45) is 0 Å². The molecule has 0 saturated carbocycles. The zero-order chi connectivity index (χ0) is 27.1. The Bertz CT molecular complexity index is 1630. The van der Waals surface area contributed by atoms with Crippen LogP contribution in [0.3, 0.4) is 0 Å². The summed E-state index contributed by atoms with van der Waals surface area (Å²) in [7, 11) is 0. The molecule has 8 nitrogen and oxygen atoms in total. The maximum atomic E-state index is 13.5. The van der Waals surface area contributed by atoms with Gasteiger partial charge in [0.25, 0.3) is 5.78 Å². The normalized spacial score (nSPS) is 18.1. The molecule has 1 unspecified atom stereocenters. The van der Waals surface area contributed by atoms with Crippen LogP contribution >= 0.6 is 22.9 Å². The number of ether oxygens (including phenoxy) is 3. The minimum Gasteiger partial charge on any atom is -0.507 e. The number of carbonyl (C=O) groups excluding carboxylic acids is 2. The Hall–Kier alpha value is -4.08. The van der Waals surface area contributed by atoms with Crippen LogP contribution in [-0.4, -0.2) is 41.6 Å². The molecular formula is C29H23ClN2O6S. The summed E-state index contributed by atoms with van der Waals surface area (Å²) in [6.07, 6.45) is 0.860. The molecule has 1 N–H and O–H groups in total. The highest BCUT2D eigenvalue weighted by Gasteiger charge is 2.48. The van der Waals surface area contributed by atoms with Crippen molar-refractivity contribution in [1.82, 2.24) is 4.98 Å². The molecule has 1 fully saturated rings. The number of amides is 1. The molecule has 1 saturated heterocycles. The van der Waals surface area contributed by atoms with Crippen LogP contribution in [0.2, 0.25) is 5.02 Å². The highest BCUT2D eigenvalue weighted by molar-refractivity contribution is 7.22. The Balaban J connectivity index is 1.50. The number of thiazole rings is 1. The van der Waals surface area contributed by atoms with Crippen LogP contribution < -0.4 is 19.1 Å². The van der Waals surface area contributed by atoms with Gasteiger partial charge in [-0.25, -0.2) is 4.98 Å². The van der Waals surface area contributed by atoms with Crippen molar-refractivity contribution >= 4 is 55.7 Å². The number of Topliss-reactive ketones (excluding diaryl/α,β-unsaturated/α-hetero) is 1. The first-order valence-electron chi connectivity index (χ1n) is 12.4. The fourth-order valence-corrected chi connectivity index (χ4v) is 5.92. The molecule has 6 rings (SSSR count). The first kappa shape index (κ1) is 25.2. The second-order valence-corrected chi connectivity index (χ2v) is 10.5. The molecule has 39 heavy (non-hydrogen) atoms. The summed E-state index contributed by atoms with van der Waals surface area (Å²) in [6, 6.07) is 16.4. The summed E-state index contributed by atoms with van der Waals surface area (Å²) in [6.45, 7) is 3.38. The van der Waals surface area contributed by atoms with E-state index >= 15 is 0 Å². The van der Waals surface area contributed by atoms with Gasteiger partial charge in [0.2, 0.25) is 0 Å². The predicted octanol–water partition coefficient (Wildman–Crippen LogP) is 6.14. The Kier molecular flexibility index (Phi) is 6.62. The number of aromatic nitrogens is 1. The first-order chi connectivity index (χ1) is 18.9. The van der Waals surface area contributed by atoms with Crippen molar-refractivity contribution < 1.29 is 28.9 Å². The van der Waals surface area contributed by atoms with Gasteiger partial charge in [0, 0.05) is 10.6 Å². The van der Waals surface area contributed by atoms with Crippen molar-refractivity contribution in [3.63, 3.8) is 0 Å². The van der Waals surface area contributed by atoms with Gasteiger partial charge in [-0.2, -0.15) is 0 Å². The van der Waals surface area contributed by atoms with E-state index < -0.39 is 17.7 Å². The number of fused-ring (bicyclic) bond motifs is 2. The summed E-state index contributed by atoms with van der Waals surface area (Å²) in [5, 5.41) is 12.3. The van der Waals surface area contributed by atoms with E-state index in [-0.39, 0.29) is 11.3 Å². The van der Waals surface area contributed by atoms with Crippen molar-refractivity contribution in [2.75, 3.05) is 24.7 Å². The van der Waals surface area contributed by atoms with E-state index in [1.165, 1.54) is 16.2 Å². The summed E-state index contributed by atoms with van der Waals surface area (Å²) in [5.41, 5.74) is 1.56. The molecule has 3 aromatic carbocycles. The third-order valence-electron chi connectivity index (χ3n) is 6.47. The van der Waals surface area contributed by atoms with Gasteiger partial charge in [0.05, 0.1) is 28.4 Å². The number of aliphatic hydroxyl groups is 1. The van der Waals surface area contributed by atoms with Crippen molar-refractivity contribution in [2.45, 2.75) is 19.4 Å². The van der Waals surface area contributed by atoms with Gasteiger partial charge in [0.15, 0.2) is 16.6 Å². The standard InChI is InChI=1S/C29H23ClN2O6S/c1-2-11-36-19-7-3-16(4-8-19)25-24(26(33)17-5-10-21-22(14-17)38-13-12-37-21)27(34)28(35)32(25)29-31-20-9-6-18(30)15-23(20)39-29/h3-10,14-15,25,33H,2,11-13H2,1H3/b26-24+.